The molecule has 28 heavy (non-hydrogen) atoms. The molecular formula is C20H33N3O4S. The number of benzene rings is 1. The molecule has 1 saturated heterocycles. The molecule has 1 aliphatic heterocycles. The van der Waals surface area contributed by atoms with Gasteiger partial charge in [-0.15, -0.1) is 0 Å². The Bertz CT molecular complexity index is 750. The van der Waals surface area contributed by atoms with Gasteiger partial charge in [-0.2, -0.15) is 17.0 Å². The fourth-order valence-corrected chi connectivity index (χ4v) is 4.48. The molecule has 1 aromatic carbocycles. The minimum Gasteiger partial charge on any atom is -0.491 e. The Morgan fingerprint density at radius 1 is 1.36 bits per heavy atom. The van der Waals surface area contributed by atoms with Crippen LogP contribution in [0.1, 0.15) is 38.7 Å². The Morgan fingerprint density at radius 3 is 2.79 bits per heavy atom. The van der Waals surface area contributed by atoms with Gasteiger partial charge in [0.1, 0.15) is 5.75 Å². The van der Waals surface area contributed by atoms with Gasteiger partial charge in [0.2, 0.25) is 5.91 Å². The molecule has 2 rings (SSSR count). The fourth-order valence-electron chi connectivity index (χ4n) is 3.29. The third kappa shape index (κ3) is 6.46. The summed E-state index contributed by atoms with van der Waals surface area (Å²) in [5, 5.41) is 2.97. The van der Waals surface area contributed by atoms with Gasteiger partial charge < -0.3 is 10.1 Å². The Kier molecular flexibility index (Phi) is 8.27. The summed E-state index contributed by atoms with van der Waals surface area (Å²) in [5.41, 5.74) is 1.17. The number of nitrogens with zero attached hydrogens (tertiary/aromatic N) is 2. The number of ether oxygens (including phenoxy) is 1. The van der Waals surface area contributed by atoms with Gasteiger partial charge in [-0.25, -0.2) is 0 Å². The summed E-state index contributed by atoms with van der Waals surface area (Å²) in [6, 6.07) is 8.02. The second kappa shape index (κ2) is 10.2. The monoisotopic (exact) mass is 411 g/mol. The van der Waals surface area contributed by atoms with Crippen molar-refractivity contribution in [3.63, 3.8) is 0 Å². The average molecular weight is 412 g/mol. The molecule has 1 atom stereocenters. The molecule has 0 aliphatic carbocycles. The molecule has 8 heteroatoms. The van der Waals surface area contributed by atoms with E-state index in [1.807, 2.05) is 32.0 Å². The molecule has 1 N–H and O–H groups in total. The third-order valence-electron chi connectivity index (χ3n) is 4.75. The zero-order valence-corrected chi connectivity index (χ0v) is 18.2. The van der Waals surface area contributed by atoms with Crippen LogP contribution in [0, 0.1) is 5.92 Å². The van der Waals surface area contributed by atoms with Crippen molar-refractivity contribution in [3.05, 3.63) is 29.8 Å². The van der Waals surface area contributed by atoms with Crippen molar-refractivity contribution in [2.24, 2.45) is 5.92 Å². The molecule has 1 fully saturated rings. The minimum atomic E-state index is -3.47. The summed E-state index contributed by atoms with van der Waals surface area (Å²) >= 11 is 0. The lowest BCUT2D eigenvalue weighted by atomic mass is 9.99. The zero-order valence-electron chi connectivity index (χ0n) is 17.3. The van der Waals surface area contributed by atoms with Gasteiger partial charge in [0.15, 0.2) is 0 Å². The summed E-state index contributed by atoms with van der Waals surface area (Å²) in [6.07, 6.45) is 3.24. The summed E-state index contributed by atoms with van der Waals surface area (Å²) < 4.78 is 32.9. The second-order valence-corrected chi connectivity index (χ2v) is 9.84. The van der Waals surface area contributed by atoms with Crippen LogP contribution in [0.4, 0.5) is 0 Å². The number of carbonyl (C=O) groups excluding carboxylic acids is 1. The van der Waals surface area contributed by atoms with Crippen molar-refractivity contribution in [1.82, 2.24) is 13.9 Å². The molecule has 7 nitrogen and oxygen atoms in total. The van der Waals surface area contributed by atoms with E-state index < -0.39 is 10.2 Å². The molecule has 0 radical (unpaired) electrons. The van der Waals surface area contributed by atoms with Crippen molar-refractivity contribution in [1.29, 1.82) is 0 Å². The first-order valence-electron chi connectivity index (χ1n) is 9.91. The average Bonchev–Trinajstić information content (AvgIpc) is 2.65. The number of amides is 1. The second-order valence-electron chi connectivity index (χ2n) is 7.70. The Labute approximate surface area is 169 Å². The normalized spacial score (nSPS) is 18.4. The van der Waals surface area contributed by atoms with Crippen LogP contribution in [0.2, 0.25) is 0 Å². The van der Waals surface area contributed by atoms with E-state index in [1.165, 1.54) is 28.3 Å². The highest BCUT2D eigenvalue weighted by Crippen LogP contribution is 2.20. The van der Waals surface area contributed by atoms with Crippen LogP contribution < -0.4 is 10.1 Å². The summed E-state index contributed by atoms with van der Waals surface area (Å²) in [7, 11) is -0.437. The first-order valence-corrected chi connectivity index (χ1v) is 11.3. The highest BCUT2D eigenvalue weighted by Gasteiger charge is 2.33. The largest absolute Gasteiger partial charge is 0.491 e. The highest BCUT2D eigenvalue weighted by atomic mass is 32.2. The Morgan fingerprint density at radius 2 is 2.11 bits per heavy atom. The van der Waals surface area contributed by atoms with E-state index in [1.54, 1.807) is 0 Å². The number of aryl methyl sites for hydroxylation is 1. The molecular weight excluding hydrogens is 378 g/mol. The summed E-state index contributed by atoms with van der Waals surface area (Å²) in [5.74, 6) is 0.516. The summed E-state index contributed by atoms with van der Waals surface area (Å²) in [6.45, 7) is 5.29. The predicted molar refractivity (Wildman–Crippen MR) is 110 cm³/mol. The van der Waals surface area contributed by atoms with E-state index in [0.29, 0.717) is 19.5 Å². The molecule has 0 aromatic heterocycles. The quantitative estimate of drug-likeness (QED) is 0.631. The van der Waals surface area contributed by atoms with Crippen LogP contribution in [0.5, 0.6) is 5.75 Å². The van der Waals surface area contributed by atoms with Gasteiger partial charge in [-0.05, 0) is 57.2 Å². The van der Waals surface area contributed by atoms with E-state index in [-0.39, 0.29) is 24.5 Å². The lowest BCUT2D eigenvalue weighted by molar-refractivity contribution is -0.126. The smallest absolute Gasteiger partial charge is 0.281 e. The SMILES string of the molecule is CC(C)Oc1cccc(CCCNC(=O)C2CCCN(S(=O)(=O)N(C)C)C2)c1. The lowest BCUT2D eigenvalue weighted by Gasteiger charge is -2.32. The van der Waals surface area contributed by atoms with E-state index in [0.717, 1.165) is 25.0 Å². The van der Waals surface area contributed by atoms with Gasteiger partial charge in [0.05, 0.1) is 12.0 Å². The molecule has 0 saturated carbocycles. The standard InChI is InChI=1S/C20H33N3O4S/c1-16(2)27-19-11-5-8-17(14-19)9-6-12-21-20(24)18-10-7-13-23(15-18)28(25,26)22(3)4/h5,8,11,14,16,18H,6-7,9-10,12-13,15H2,1-4H3,(H,21,24). The van der Waals surface area contributed by atoms with Gasteiger partial charge in [-0.1, -0.05) is 12.1 Å². The molecule has 0 spiro atoms. The van der Waals surface area contributed by atoms with Crippen LogP contribution >= 0.6 is 0 Å². The molecule has 1 amide bonds. The van der Waals surface area contributed by atoms with E-state index in [2.05, 4.69) is 11.4 Å². The maximum absolute atomic E-state index is 12.5. The first-order chi connectivity index (χ1) is 13.2. The number of hydrogen-bond acceptors (Lipinski definition) is 4. The number of piperidine rings is 1. The first kappa shape index (κ1) is 22.6. The Balaban J connectivity index is 1.78. The predicted octanol–water partition coefficient (Wildman–Crippen LogP) is 2.04. The number of carbonyl (C=O) groups is 1. The highest BCUT2D eigenvalue weighted by molar-refractivity contribution is 7.86. The van der Waals surface area contributed by atoms with Crippen molar-refractivity contribution in [2.75, 3.05) is 33.7 Å². The van der Waals surface area contributed by atoms with Crippen LogP contribution in [-0.4, -0.2) is 62.8 Å². The van der Waals surface area contributed by atoms with Crippen molar-refractivity contribution in [2.45, 2.75) is 45.6 Å². The van der Waals surface area contributed by atoms with Gasteiger partial charge in [0.25, 0.3) is 10.2 Å². The number of rotatable bonds is 9. The number of hydrogen-bond donors (Lipinski definition) is 1. The van der Waals surface area contributed by atoms with E-state index in [9.17, 15) is 13.2 Å². The minimum absolute atomic E-state index is 0.0597. The Hall–Kier alpha value is -1.64. The van der Waals surface area contributed by atoms with E-state index >= 15 is 0 Å². The fraction of sp³-hybridized carbons (Fsp3) is 0.650. The van der Waals surface area contributed by atoms with Crippen molar-refractivity contribution < 1.29 is 17.9 Å². The molecule has 158 valence electrons. The van der Waals surface area contributed by atoms with Crippen LogP contribution in [0.15, 0.2) is 24.3 Å². The maximum Gasteiger partial charge on any atom is 0.281 e. The van der Waals surface area contributed by atoms with E-state index in [4.69, 9.17) is 4.74 Å². The van der Waals surface area contributed by atoms with Gasteiger partial charge in [0, 0.05) is 33.7 Å². The maximum atomic E-state index is 12.5. The topological polar surface area (TPSA) is 79.0 Å². The number of nitrogens with one attached hydrogen (secondary N) is 1. The molecule has 1 aliphatic rings. The third-order valence-corrected chi connectivity index (χ3v) is 6.66. The molecule has 1 heterocycles. The van der Waals surface area contributed by atoms with Crippen LogP contribution in [0.3, 0.4) is 0 Å². The van der Waals surface area contributed by atoms with Gasteiger partial charge >= 0.3 is 0 Å². The van der Waals surface area contributed by atoms with Gasteiger partial charge in [-0.3, -0.25) is 4.79 Å². The molecule has 1 aromatic rings. The molecule has 0 bridgehead atoms. The van der Waals surface area contributed by atoms with Crippen LogP contribution in [-0.2, 0) is 21.4 Å². The molecule has 1 unspecified atom stereocenters. The van der Waals surface area contributed by atoms with Crippen LogP contribution in [0.25, 0.3) is 0 Å². The summed E-state index contributed by atoms with van der Waals surface area (Å²) in [4.78, 5) is 12.5. The zero-order chi connectivity index (χ0) is 20.7. The lowest BCUT2D eigenvalue weighted by Crippen LogP contribution is -2.48. The van der Waals surface area contributed by atoms with Crippen molar-refractivity contribution >= 4 is 16.1 Å². The van der Waals surface area contributed by atoms with Crippen molar-refractivity contribution in [3.8, 4) is 5.75 Å².